The zero-order valence-electron chi connectivity index (χ0n) is 16.2. The first-order valence-corrected chi connectivity index (χ1v) is 9.90. The molecule has 2 heterocycles. The fraction of sp³-hybridized carbons (Fsp3) is 0.650. The summed E-state index contributed by atoms with van der Waals surface area (Å²) in [5, 5.41) is 3.12. The Kier molecular flexibility index (Phi) is 7.29. The molecule has 0 saturated carbocycles. The molecule has 0 aromatic heterocycles. The van der Waals surface area contributed by atoms with Gasteiger partial charge in [0, 0.05) is 58.6 Å². The maximum atomic E-state index is 13.1. The third-order valence-corrected chi connectivity index (χ3v) is 5.52. The van der Waals surface area contributed by atoms with Gasteiger partial charge in [-0.3, -0.25) is 0 Å². The Bertz CT molecular complexity index is 590. The molecule has 1 aromatic rings. The van der Waals surface area contributed by atoms with Crippen molar-refractivity contribution in [1.82, 2.24) is 15.1 Å². The molecule has 0 bridgehead atoms. The summed E-state index contributed by atoms with van der Waals surface area (Å²) in [6.45, 7) is 7.54. The lowest BCUT2D eigenvalue weighted by atomic mass is 9.98. The van der Waals surface area contributed by atoms with Gasteiger partial charge < -0.3 is 24.8 Å². The van der Waals surface area contributed by atoms with Crippen molar-refractivity contribution in [2.45, 2.75) is 12.8 Å². The van der Waals surface area contributed by atoms with Crippen LogP contribution in [0.15, 0.2) is 24.3 Å². The van der Waals surface area contributed by atoms with Crippen LogP contribution in [0.5, 0.6) is 0 Å². The first kappa shape index (κ1) is 19.9. The Labute approximate surface area is 161 Å². The number of hydrogen-bond acceptors (Lipinski definition) is 4. The normalized spacial score (nSPS) is 21.3. The van der Waals surface area contributed by atoms with Gasteiger partial charge in [0.2, 0.25) is 0 Å². The molecule has 2 amide bonds. The fourth-order valence-electron chi connectivity index (χ4n) is 3.90. The maximum absolute atomic E-state index is 13.1. The van der Waals surface area contributed by atoms with E-state index in [2.05, 4.69) is 15.1 Å². The number of rotatable bonds is 6. The summed E-state index contributed by atoms with van der Waals surface area (Å²) in [6, 6.07) is 6.58. The van der Waals surface area contributed by atoms with Crippen LogP contribution >= 0.6 is 0 Å². The highest BCUT2D eigenvalue weighted by Crippen LogP contribution is 2.18. The van der Waals surface area contributed by atoms with Crippen molar-refractivity contribution < 1.29 is 13.9 Å². The van der Waals surface area contributed by atoms with Gasteiger partial charge >= 0.3 is 6.03 Å². The molecule has 27 heavy (non-hydrogen) atoms. The van der Waals surface area contributed by atoms with E-state index < -0.39 is 0 Å². The van der Waals surface area contributed by atoms with Crippen molar-refractivity contribution in [3.63, 3.8) is 0 Å². The number of nitrogens with zero attached hydrogens (tertiary/aromatic N) is 3. The van der Waals surface area contributed by atoms with Gasteiger partial charge in [0.15, 0.2) is 0 Å². The highest BCUT2D eigenvalue weighted by atomic mass is 19.1. The Morgan fingerprint density at radius 3 is 2.63 bits per heavy atom. The zero-order valence-corrected chi connectivity index (χ0v) is 16.2. The van der Waals surface area contributed by atoms with Crippen LogP contribution < -0.4 is 10.2 Å². The minimum absolute atomic E-state index is 0.0303. The molecule has 0 radical (unpaired) electrons. The van der Waals surface area contributed by atoms with E-state index in [4.69, 9.17) is 4.74 Å². The van der Waals surface area contributed by atoms with E-state index in [1.807, 2.05) is 4.90 Å². The minimum Gasteiger partial charge on any atom is -0.383 e. The number of carbonyl (C=O) groups is 1. The van der Waals surface area contributed by atoms with Crippen molar-refractivity contribution in [1.29, 1.82) is 0 Å². The number of ether oxygens (including phenoxy) is 1. The quantitative estimate of drug-likeness (QED) is 0.823. The highest BCUT2D eigenvalue weighted by molar-refractivity contribution is 5.74. The smallest absolute Gasteiger partial charge is 0.317 e. The number of nitrogens with one attached hydrogen (secondary N) is 1. The summed E-state index contributed by atoms with van der Waals surface area (Å²) in [5.74, 6) is 0.292. The second-order valence-electron chi connectivity index (χ2n) is 7.44. The number of hydrogen-bond donors (Lipinski definition) is 1. The Morgan fingerprint density at radius 2 is 1.93 bits per heavy atom. The van der Waals surface area contributed by atoms with Gasteiger partial charge in [-0.05, 0) is 49.6 Å². The molecule has 0 unspecified atom stereocenters. The van der Waals surface area contributed by atoms with E-state index in [1.54, 1.807) is 19.2 Å². The van der Waals surface area contributed by atoms with E-state index in [0.29, 0.717) is 19.0 Å². The number of likely N-dealkylation sites (tertiary alicyclic amines) is 1. The molecule has 2 aliphatic rings. The number of anilines is 1. The monoisotopic (exact) mass is 378 g/mol. The van der Waals surface area contributed by atoms with Gasteiger partial charge in [-0.1, -0.05) is 0 Å². The predicted molar refractivity (Wildman–Crippen MR) is 105 cm³/mol. The zero-order chi connectivity index (χ0) is 19.1. The van der Waals surface area contributed by atoms with Crippen molar-refractivity contribution in [2.24, 2.45) is 5.92 Å². The molecular weight excluding hydrogens is 347 g/mol. The van der Waals surface area contributed by atoms with Gasteiger partial charge in [-0.2, -0.15) is 0 Å². The van der Waals surface area contributed by atoms with E-state index in [0.717, 1.165) is 51.6 Å². The van der Waals surface area contributed by atoms with Crippen molar-refractivity contribution in [2.75, 3.05) is 71.0 Å². The number of urea groups is 1. The summed E-state index contributed by atoms with van der Waals surface area (Å²) in [6.07, 6.45) is 2.35. The first-order valence-electron chi connectivity index (χ1n) is 9.90. The van der Waals surface area contributed by atoms with Crippen LogP contribution in [0.3, 0.4) is 0 Å². The van der Waals surface area contributed by atoms with E-state index in [-0.39, 0.29) is 11.8 Å². The average molecular weight is 378 g/mol. The molecule has 0 aliphatic carbocycles. The van der Waals surface area contributed by atoms with Gasteiger partial charge in [0.25, 0.3) is 0 Å². The summed E-state index contributed by atoms with van der Waals surface area (Å²) < 4.78 is 18.2. The average Bonchev–Trinajstić information content (AvgIpc) is 2.71. The topological polar surface area (TPSA) is 48.1 Å². The van der Waals surface area contributed by atoms with E-state index in [1.165, 1.54) is 25.0 Å². The molecule has 1 atom stereocenters. The van der Waals surface area contributed by atoms with Crippen LogP contribution in [0.2, 0.25) is 0 Å². The van der Waals surface area contributed by atoms with Crippen LogP contribution in [-0.4, -0.2) is 81.9 Å². The second kappa shape index (κ2) is 9.90. The fourth-order valence-corrected chi connectivity index (χ4v) is 3.90. The molecule has 6 nitrogen and oxygen atoms in total. The van der Waals surface area contributed by atoms with E-state index in [9.17, 15) is 9.18 Å². The lowest BCUT2D eigenvalue weighted by Crippen LogP contribution is -2.53. The van der Waals surface area contributed by atoms with Crippen molar-refractivity contribution in [3.8, 4) is 0 Å². The lowest BCUT2D eigenvalue weighted by molar-refractivity contribution is 0.113. The molecule has 7 heteroatoms. The molecule has 1 N–H and O–H groups in total. The number of carbonyl (C=O) groups excluding carboxylic acids is 1. The van der Waals surface area contributed by atoms with Gasteiger partial charge in [-0.25, -0.2) is 9.18 Å². The summed E-state index contributed by atoms with van der Waals surface area (Å²) in [4.78, 5) is 19.0. The number of halogens is 1. The predicted octanol–water partition coefficient (Wildman–Crippen LogP) is 2.02. The Hall–Kier alpha value is -1.86. The molecule has 3 rings (SSSR count). The Balaban J connectivity index is 1.38. The third kappa shape index (κ3) is 5.81. The number of amides is 2. The number of benzene rings is 1. The van der Waals surface area contributed by atoms with Gasteiger partial charge in [-0.15, -0.1) is 0 Å². The van der Waals surface area contributed by atoms with Crippen LogP contribution in [0.1, 0.15) is 12.8 Å². The number of methoxy groups -OCH3 is 1. The molecular formula is C20H31FN4O2. The summed E-state index contributed by atoms with van der Waals surface area (Å²) in [7, 11) is 1.73. The molecule has 0 spiro atoms. The summed E-state index contributed by atoms with van der Waals surface area (Å²) >= 11 is 0. The number of piperazine rings is 1. The SMILES string of the molecule is COCCN1CCC[C@@H](CNC(=O)N2CCN(c3ccc(F)cc3)CC2)C1. The highest BCUT2D eigenvalue weighted by Gasteiger charge is 2.24. The van der Waals surface area contributed by atoms with Crippen molar-refractivity contribution >= 4 is 11.7 Å². The second-order valence-corrected chi connectivity index (χ2v) is 7.44. The van der Waals surface area contributed by atoms with Gasteiger partial charge in [0.1, 0.15) is 5.82 Å². The van der Waals surface area contributed by atoms with Gasteiger partial charge in [0.05, 0.1) is 6.61 Å². The molecule has 2 fully saturated rings. The largest absolute Gasteiger partial charge is 0.383 e. The van der Waals surface area contributed by atoms with Crippen LogP contribution in [-0.2, 0) is 4.74 Å². The molecule has 150 valence electrons. The molecule has 2 aliphatic heterocycles. The molecule has 1 aromatic carbocycles. The minimum atomic E-state index is -0.222. The summed E-state index contributed by atoms with van der Waals surface area (Å²) in [5.41, 5.74) is 1.01. The maximum Gasteiger partial charge on any atom is 0.317 e. The van der Waals surface area contributed by atoms with Crippen LogP contribution in [0.25, 0.3) is 0 Å². The standard InChI is InChI=1S/C20H31FN4O2/c1-27-14-13-23-8-2-3-17(16-23)15-22-20(26)25-11-9-24(10-12-25)19-6-4-18(21)5-7-19/h4-7,17H,2-3,8-16H2,1H3,(H,22,26)/t17-/m0/s1. The van der Waals surface area contributed by atoms with Crippen molar-refractivity contribution in [3.05, 3.63) is 30.1 Å². The van der Waals surface area contributed by atoms with Crippen LogP contribution in [0.4, 0.5) is 14.9 Å². The van der Waals surface area contributed by atoms with Crippen LogP contribution in [0, 0.1) is 11.7 Å². The molecule has 2 saturated heterocycles. The Morgan fingerprint density at radius 1 is 1.19 bits per heavy atom. The van der Waals surface area contributed by atoms with E-state index >= 15 is 0 Å². The number of piperidine rings is 1. The third-order valence-electron chi connectivity index (χ3n) is 5.52. The lowest BCUT2D eigenvalue weighted by Gasteiger charge is -2.37. The first-order chi connectivity index (χ1) is 13.2.